The Hall–Kier alpha value is -0.263. The van der Waals surface area contributed by atoms with Crippen molar-refractivity contribution in [2.75, 3.05) is 0 Å². The maximum absolute atomic E-state index is 6.34. The summed E-state index contributed by atoms with van der Waals surface area (Å²) in [4.78, 5) is 0. The Balaban J connectivity index is 4.06. The number of terminal acetylenes is 1. The van der Waals surface area contributed by atoms with Gasteiger partial charge in [-0.1, -0.05) is 59.3 Å². The van der Waals surface area contributed by atoms with Gasteiger partial charge in [-0.25, -0.2) is 0 Å². The average molecular weight is 269 g/mol. The fraction of sp³-hybridized carbons (Fsp3) is 0.875. The zero-order valence-corrected chi connectivity index (χ0v) is 13.9. The molecule has 0 aromatic rings. The molecule has 1 atom stereocenters. The molecule has 0 saturated carbocycles. The van der Waals surface area contributed by atoms with E-state index in [9.17, 15) is 0 Å². The molecule has 0 bridgehead atoms. The summed E-state index contributed by atoms with van der Waals surface area (Å²) in [7, 11) is -1.52. The van der Waals surface area contributed by atoms with Crippen LogP contribution in [0.25, 0.3) is 0 Å². The molecule has 1 nitrogen and oxygen atoms in total. The summed E-state index contributed by atoms with van der Waals surface area (Å²) < 4.78 is 6.34. The van der Waals surface area contributed by atoms with Gasteiger partial charge in [0, 0.05) is 0 Å². The summed E-state index contributed by atoms with van der Waals surface area (Å²) in [6.07, 6.45) is 13.3. The molecule has 0 spiro atoms. The highest BCUT2D eigenvalue weighted by molar-refractivity contribution is 6.73. The molecule has 0 saturated heterocycles. The second-order valence-electron chi connectivity index (χ2n) is 5.22. The van der Waals surface area contributed by atoms with Crippen molar-refractivity contribution < 1.29 is 4.43 Å². The van der Waals surface area contributed by atoms with E-state index in [2.05, 4.69) is 33.6 Å². The molecule has 0 rings (SSSR count). The molecule has 106 valence electrons. The molecule has 0 N–H and O–H groups in total. The third kappa shape index (κ3) is 6.61. The molecule has 2 heteroatoms. The van der Waals surface area contributed by atoms with Crippen LogP contribution in [0.4, 0.5) is 0 Å². The van der Waals surface area contributed by atoms with Crippen molar-refractivity contribution in [3.8, 4) is 12.3 Å². The summed E-state index contributed by atoms with van der Waals surface area (Å²) in [6, 6.07) is 3.57. The first-order valence-electron chi connectivity index (χ1n) is 7.81. The van der Waals surface area contributed by atoms with Gasteiger partial charge in [-0.2, -0.15) is 0 Å². The van der Waals surface area contributed by atoms with Crippen molar-refractivity contribution in [3.63, 3.8) is 0 Å². The first kappa shape index (κ1) is 17.7. The molecular weight excluding hydrogens is 236 g/mol. The van der Waals surface area contributed by atoms with E-state index in [1.54, 1.807) is 0 Å². The van der Waals surface area contributed by atoms with Gasteiger partial charge in [-0.3, -0.25) is 0 Å². The molecule has 0 amide bonds. The minimum atomic E-state index is -1.52. The molecule has 0 radical (unpaired) electrons. The maximum atomic E-state index is 6.34. The maximum Gasteiger partial charge on any atom is 0.193 e. The standard InChI is InChI=1S/C16H32OSi/c1-6-11-12-13-14-15-16(7-2)17-18(8-3,9-4)10-5/h2,16H,6,8-15H2,1,3-5H3. The van der Waals surface area contributed by atoms with Gasteiger partial charge in [0.05, 0.1) is 0 Å². The summed E-state index contributed by atoms with van der Waals surface area (Å²) >= 11 is 0. The normalized spacial score (nSPS) is 13.3. The Labute approximate surface area is 116 Å². The molecular formula is C16H32OSi. The van der Waals surface area contributed by atoms with Crippen molar-refractivity contribution in [2.45, 2.75) is 90.5 Å². The van der Waals surface area contributed by atoms with Crippen LogP contribution in [0.3, 0.4) is 0 Å². The van der Waals surface area contributed by atoms with Crippen LogP contribution in [-0.2, 0) is 4.43 Å². The number of rotatable bonds is 11. The molecule has 0 aliphatic carbocycles. The van der Waals surface area contributed by atoms with Crippen molar-refractivity contribution in [3.05, 3.63) is 0 Å². The predicted octanol–water partition coefficient (Wildman–Crippen LogP) is 5.37. The molecule has 0 aliphatic rings. The Kier molecular flexibility index (Phi) is 10.5. The fourth-order valence-electron chi connectivity index (χ4n) is 2.41. The van der Waals surface area contributed by atoms with Gasteiger partial charge >= 0.3 is 0 Å². The number of unbranched alkanes of at least 4 members (excludes halogenated alkanes) is 4. The van der Waals surface area contributed by atoms with E-state index in [-0.39, 0.29) is 6.10 Å². The fourth-order valence-corrected chi connectivity index (χ4v) is 5.20. The Morgan fingerprint density at radius 2 is 1.50 bits per heavy atom. The molecule has 18 heavy (non-hydrogen) atoms. The van der Waals surface area contributed by atoms with E-state index in [1.165, 1.54) is 50.2 Å². The first-order valence-corrected chi connectivity index (χ1v) is 10.3. The predicted molar refractivity (Wildman–Crippen MR) is 84.3 cm³/mol. The SMILES string of the molecule is C#CC(CCCCCCC)O[Si](CC)(CC)CC. The van der Waals surface area contributed by atoms with Gasteiger partial charge in [0.25, 0.3) is 0 Å². The molecule has 1 unspecified atom stereocenters. The van der Waals surface area contributed by atoms with Gasteiger partial charge in [-0.05, 0) is 31.0 Å². The van der Waals surface area contributed by atoms with E-state index in [0.717, 1.165) is 6.42 Å². The zero-order valence-electron chi connectivity index (χ0n) is 12.9. The lowest BCUT2D eigenvalue weighted by Crippen LogP contribution is -2.39. The smallest absolute Gasteiger partial charge is 0.193 e. The molecule has 0 aliphatic heterocycles. The summed E-state index contributed by atoms with van der Waals surface area (Å²) in [6.45, 7) is 9.02. The highest BCUT2D eigenvalue weighted by Crippen LogP contribution is 2.24. The third-order valence-corrected chi connectivity index (χ3v) is 8.73. The van der Waals surface area contributed by atoms with Crippen molar-refractivity contribution in [2.24, 2.45) is 0 Å². The van der Waals surface area contributed by atoms with Crippen LogP contribution in [0.15, 0.2) is 0 Å². The second kappa shape index (κ2) is 10.6. The topological polar surface area (TPSA) is 9.23 Å². The van der Waals surface area contributed by atoms with E-state index in [4.69, 9.17) is 10.8 Å². The second-order valence-corrected chi connectivity index (χ2v) is 9.94. The zero-order chi connectivity index (χ0) is 13.9. The average Bonchev–Trinajstić information content (AvgIpc) is 2.43. The third-order valence-electron chi connectivity index (χ3n) is 4.08. The quantitative estimate of drug-likeness (QED) is 0.278. The number of hydrogen-bond donors (Lipinski definition) is 0. The summed E-state index contributed by atoms with van der Waals surface area (Å²) in [5, 5.41) is 0. The van der Waals surface area contributed by atoms with Gasteiger partial charge in [0.1, 0.15) is 6.10 Å². The monoisotopic (exact) mass is 268 g/mol. The minimum absolute atomic E-state index is 0.0677. The summed E-state index contributed by atoms with van der Waals surface area (Å²) in [5.74, 6) is 2.86. The van der Waals surface area contributed by atoms with Crippen LogP contribution in [0.5, 0.6) is 0 Å². The van der Waals surface area contributed by atoms with E-state index in [0.29, 0.717) is 0 Å². The van der Waals surface area contributed by atoms with E-state index < -0.39 is 8.32 Å². The largest absolute Gasteiger partial charge is 0.403 e. The van der Waals surface area contributed by atoms with Crippen LogP contribution in [0, 0.1) is 12.3 Å². The summed E-state index contributed by atoms with van der Waals surface area (Å²) in [5.41, 5.74) is 0. The van der Waals surface area contributed by atoms with Gasteiger partial charge in [0.15, 0.2) is 8.32 Å². The Morgan fingerprint density at radius 3 is 1.94 bits per heavy atom. The van der Waals surface area contributed by atoms with Gasteiger partial charge in [-0.15, -0.1) is 6.42 Å². The van der Waals surface area contributed by atoms with E-state index in [1.807, 2.05) is 0 Å². The lowest BCUT2D eigenvalue weighted by Gasteiger charge is -2.31. The number of hydrogen-bond acceptors (Lipinski definition) is 1. The van der Waals surface area contributed by atoms with Crippen LogP contribution in [-0.4, -0.2) is 14.4 Å². The molecule has 0 aromatic carbocycles. The molecule has 0 fully saturated rings. The first-order chi connectivity index (χ1) is 8.67. The van der Waals surface area contributed by atoms with Crippen LogP contribution >= 0.6 is 0 Å². The van der Waals surface area contributed by atoms with Gasteiger partial charge in [0.2, 0.25) is 0 Å². The van der Waals surface area contributed by atoms with Crippen LogP contribution < -0.4 is 0 Å². The highest BCUT2D eigenvalue weighted by Gasteiger charge is 2.31. The van der Waals surface area contributed by atoms with E-state index >= 15 is 0 Å². The lowest BCUT2D eigenvalue weighted by atomic mass is 10.1. The van der Waals surface area contributed by atoms with Crippen molar-refractivity contribution in [1.82, 2.24) is 0 Å². The van der Waals surface area contributed by atoms with Crippen molar-refractivity contribution in [1.29, 1.82) is 0 Å². The Bertz CT molecular complexity index is 219. The Morgan fingerprint density at radius 1 is 0.944 bits per heavy atom. The van der Waals surface area contributed by atoms with Gasteiger partial charge < -0.3 is 4.43 Å². The molecule has 0 heterocycles. The minimum Gasteiger partial charge on any atom is -0.403 e. The highest BCUT2D eigenvalue weighted by atomic mass is 28.4. The van der Waals surface area contributed by atoms with Crippen molar-refractivity contribution >= 4 is 8.32 Å². The lowest BCUT2D eigenvalue weighted by molar-refractivity contribution is 0.226. The van der Waals surface area contributed by atoms with Crippen LogP contribution in [0.1, 0.15) is 66.2 Å². The molecule has 0 aromatic heterocycles. The van der Waals surface area contributed by atoms with Crippen LogP contribution in [0.2, 0.25) is 18.1 Å².